The Kier molecular flexibility index (Phi) is 7.19. The molecule has 0 fully saturated rings. The Morgan fingerprint density at radius 2 is 1.85 bits per heavy atom. The Labute approximate surface area is 123 Å². The van der Waals surface area contributed by atoms with Crippen molar-refractivity contribution in [1.29, 1.82) is 0 Å². The molecule has 0 unspecified atom stereocenters. The van der Waals surface area contributed by atoms with Gasteiger partial charge in [-0.1, -0.05) is 37.3 Å². The van der Waals surface area contributed by atoms with Crippen LogP contribution in [0.2, 0.25) is 0 Å². The molecule has 0 atom stereocenters. The van der Waals surface area contributed by atoms with Gasteiger partial charge in [-0.25, -0.2) is 8.42 Å². The molecule has 1 aromatic rings. The fraction of sp³-hybridized carbons (Fsp3) is 0.600. The molecule has 114 valence electrons. The first-order valence-corrected chi connectivity index (χ1v) is 8.82. The van der Waals surface area contributed by atoms with Crippen LogP contribution in [0.5, 0.6) is 0 Å². The summed E-state index contributed by atoms with van der Waals surface area (Å²) >= 11 is 0. The molecule has 0 saturated heterocycles. The third-order valence-electron chi connectivity index (χ3n) is 3.12. The summed E-state index contributed by atoms with van der Waals surface area (Å²) in [6.07, 6.45) is 0.647. The number of hydrogen-bond donors (Lipinski definition) is 1. The van der Waals surface area contributed by atoms with Crippen molar-refractivity contribution in [2.24, 2.45) is 0 Å². The quantitative estimate of drug-likeness (QED) is 0.711. The molecule has 20 heavy (non-hydrogen) atoms. The second kappa shape index (κ2) is 8.39. The summed E-state index contributed by atoms with van der Waals surface area (Å²) in [5, 5.41) is 3.16. The van der Waals surface area contributed by atoms with E-state index >= 15 is 0 Å². The zero-order chi connectivity index (χ0) is 15.0. The van der Waals surface area contributed by atoms with E-state index in [2.05, 4.69) is 5.32 Å². The van der Waals surface area contributed by atoms with Crippen molar-refractivity contribution in [2.75, 3.05) is 18.8 Å². The molecule has 0 aliphatic heterocycles. The smallest absolute Gasteiger partial charge is 0.214 e. The average molecular weight is 298 g/mol. The normalized spacial score (nSPS) is 12.2. The molecule has 0 saturated carbocycles. The van der Waals surface area contributed by atoms with Gasteiger partial charge >= 0.3 is 0 Å². The Hall–Kier alpha value is -0.910. The number of hydrogen-bond acceptors (Lipinski definition) is 3. The van der Waals surface area contributed by atoms with Crippen molar-refractivity contribution in [3.63, 3.8) is 0 Å². The van der Waals surface area contributed by atoms with Gasteiger partial charge in [0.05, 0.1) is 5.75 Å². The third-order valence-corrected chi connectivity index (χ3v) is 5.19. The van der Waals surface area contributed by atoms with Crippen LogP contribution >= 0.6 is 0 Å². The minimum Gasteiger partial charge on any atom is -0.317 e. The average Bonchev–Trinajstić information content (AvgIpc) is 2.42. The van der Waals surface area contributed by atoms with E-state index in [0.29, 0.717) is 13.0 Å². The van der Waals surface area contributed by atoms with Crippen molar-refractivity contribution in [2.45, 2.75) is 39.8 Å². The molecule has 0 aliphatic carbocycles. The van der Waals surface area contributed by atoms with Gasteiger partial charge < -0.3 is 5.32 Å². The molecule has 4 nitrogen and oxygen atoms in total. The first kappa shape index (κ1) is 17.1. The first-order chi connectivity index (χ1) is 9.47. The van der Waals surface area contributed by atoms with Gasteiger partial charge in [0.1, 0.15) is 0 Å². The highest BCUT2D eigenvalue weighted by atomic mass is 32.2. The maximum Gasteiger partial charge on any atom is 0.214 e. The summed E-state index contributed by atoms with van der Waals surface area (Å²) in [5.41, 5.74) is 1.02. The van der Waals surface area contributed by atoms with E-state index in [-0.39, 0.29) is 11.8 Å². The zero-order valence-electron chi connectivity index (χ0n) is 12.7. The van der Waals surface area contributed by atoms with Gasteiger partial charge in [-0.15, -0.1) is 0 Å². The second-order valence-corrected chi connectivity index (χ2v) is 7.19. The van der Waals surface area contributed by atoms with Crippen molar-refractivity contribution in [1.82, 2.24) is 9.62 Å². The van der Waals surface area contributed by atoms with E-state index in [4.69, 9.17) is 0 Å². The van der Waals surface area contributed by atoms with Crippen LogP contribution in [0.15, 0.2) is 30.3 Å². The maximum atomic E-state index is 12.4. The standard InChI is InChI=1S/C15H26N2O2S/c1-4-16-11-8-12-20(18,19)17(14(2)3)13-15-9-6-5-7-10-15/h5-7,9-10,14,16H,4,8,11-13H2,1-3H3. The molecular weight excluding hydrogens is 272 g/mol. The summed E-state index contributed by atoms with van der Waals surface area (Å²) in [6, 6.07) is 9.71. The van der Waals surface area contributed by atoms with Crippen LogP contribution < -0.4 is 5.32 Å². The molecule has 0 heterocycles. The number of nitrogens with one attached hydrogen (secondary N) is 1. The van der Waals surface area contributed by atoms with Crippen LogP contribution in [-0.2, 0) is 16.6 Å². The van der Waals surface area contributed by atoms with E-state index in [0.717, 1.165) is 18.7 Å². The first-order valence-electron chi connectivity index (χ1n) is 7.21. The predicted molar refractivity (Wildman–Crippen MR) is 84.1 cm³/mol. The van der Waals surface area contributed by atoms with Crippen LogP contribution in [0.1, 0.15) is 32.8 Å². The van der Waals surface area contributed by atoms with Gasteiger partial charge in [-0.2, -0.15) is 4.31 Å². The van der Waals surface area contributed by atoms with Crippen molar-refractivity contribution in [3.05, 3.63) is 35.9 Å². The lowest BCUT2D eigenvalue weighted by Crippen LogP contribution is -2.38. The van der Waals surface area contributed by atoms with Gasteiger partial charge in [0.15, 0.2) is 0 Å². The van der Waals surface area contributed by atoms with Crippen LogP contribution in [0.4, 0.5) is 0 Å². The topological polar surface area (TPSA) is 49.4 Å². The summed E-state index contributed by atoms with van der Waals surface area (Å²) < 4.78 is 26.5. The SMILES string of the molecule is CCNCCCS(=O)(=O)N(Cc1ccccc1)C(C)C. The van der Waals surface area contributed by atoms with Crippen LogP contribution in [0.25, 0.3) is 0 Å². The lowest BCUT2D eigenvalue weighted by atomic mass is 10.2. The van der Waals surface area contributed by atoms with E-state index in [1.165, 1.54) is 0 Å². The zero-order valence-corrected chi connectivity index (χ0v) is 13.5. The molecule has 5 heteroatoms. The number of rotatable bonds is 9. The fourth-order valence-electron chi connectivity index (χ4n) is 2.04. The van der Waals surface area contributed by atoms with Gasteiger partial charge in [-0.05, 0) is 38.9 Å². The van der Waals surface area contributed by atoms with Crippen LogP contribution in [0, 0.1) is 0 Å². The molecule has 1 N–H and O–H groups in total. The Morgan fingerprint density at radius 3 is 2.40 bits per heavy atom. The monoisotopic (exact) mass is 298 g/mol. The third kappa shape index (κ3) is 5.61. The summed E-state index contributed by atoms with van der Waals surface area (Å²) in [4.78, 5) is 0. The minimum atomic E-state index is -3.21. The lowest BCUT2D eigenvalue weighted by Gasteiger charge is -2.26. The van der Waals surface area contributed by atoms with Gasteiger partial charge in [0.25, 0.3) is 0 Å². The Bertz CT molecular complexity index is 472. The number of nitrogens with zero attached hydrogens (tertiary/aromatic N) is 1. The van der Waals surface area contributed by atoms with Gasteiger partial charge in [0, 0.05) is 12.6 Å². The summed E-state index contributed by atoms with van der Waals surface area (Å²) in [5.74, 6) is 0.199. The molecule has 0 aliphatic rings. The fourth-order valence-corrected chi connectivity index (χ4v) is 3.77. The summed E-state index contributed by atoms with van der Waals surface area (Å²) in [6.45, 7) is 7.92. The summed E-state index contributed by atoms with van der Waals surface area (Å²) in [7, 11) is -3.21. The molecule has 0 aromatic heterocycles. The largest absolute Gasteiger partial charge is 0.317 e. The Morgan fingerprint density at radius 1 is 1.20 bits per heavy atom. The maximum absolute atomic E-state index is 12.4. The molecule has 1 aromatic carbocycles. The molecule has 0 bridgehead atoms. The predicted octanol–water partition coefficient (Wildman–Crippen LogP) is 2.23. The van der Waals surface area contributed by atoms with Crippen molar-refractivity contribution >= 4 is 10.0 Å². The molecule has 0 radical (unpaired) electrons. The molecular formula is C15H26N2O2S. The van der Waals surface area contributed by atoms with Crippen molar-refractivity contribution < 1.29 is 8.42 Å². The highest BCUT2D eigenvalue weighted by Gasteiger charge is 2.24. The molecule has 1 rings (SSSR count). The lowest BCUT2D eigenvalue weighted by molar-refractivity contribution is 0.347. The van der Waals surface area contributed by atoms with E-state index in [1.807, 2.05) is 51.1 Å². The van der Waals surface area contributed by atoms with E-state index < -0.39 is 10.0 Å². The minimum absolute atomic E-state index is 0.0284. The van der Waals surface area contributed by atoms with Crippen LogP contribution in [0.3, 0.4) is 0 Å². The number of sulfonamides is 1. The molecule has 0 amide bonds. The van der Waals surface area contributed by atoms with E-state index in [1.54, 1.807) is 4.31 Å². The highest BCUT2D eigenvalue weighted by Crippen LogP contribution is 2.14. The van der Waals surface area contributed by atoms with Gasteiger partial charge in [0.2, 0.25) is 10.0 Å². The van der Waals surface area contributed by atoms with Gasteiger partial charge in [-0.3, -0.25) is 0 Å². The van der Waals surface area contributed by atoms with Crippen molar-refractivity contribution in [3.8, 4) is 0 Å². The van der Waals surface area contributed by atoms with E-state index in [9.17, 15) is 8.42 Å². The second-order valence-electron chi connectivity index (χ2n) is 5.15. The highest BCUT2D eigenvalue weighted by molar-refractivity contribution is 7.89. The van der Waals surface area contributed by atoms with Crippen LogP contribution in [-0.4, -0.2) is 37.6 Å². The number of benzene rings is 1. The Balaban J connectivity index is 2.69. The molecule has 0 spiro atoms.